The van der Waals surface area contributed by atoms with Crippen LogP contribution in [0.5, 0.6) is 0 Å². The van der Waals surface area contributed by atoms with Gasteiger partial charge in [-0.2, -0.15) is 4.90 Å². The molecule has 1 aromatic carbocycles. The van der Waals surface area contributed by atoms with Crippen molar-refractivity contribution < 1.29 is 28.6 Å². The zero-order chi connectivity index (χ0) is 20.3. The number of esters is 1. The summed E-state index contributed by atoms with van der Waals surface area (Å²) < 4.78 is 15.7. The Morgan fingerprint density at radius 1 is 0.923 bits per heavy atom. The summed E-state index contributed by atoms with van der Waals surface area (Å²) in [6.07, 6.45) is -1.94. The van der Waals surface area contributed by atoms with Gasteiger partial charge in [-0.3, -0.25) is 0 Å². The van der Waals surface area contributed by atoms with E-state index in [-0.39, 0.29) is 11.3 Å². The van der Waals surface area contributed by atoms with Gasteiger partial charge in [0.25, 0.3) is 0 Å². The molecule has 0 aliphatic carbocycles. The Morgan fingerprint density at radius 2 is 1.38 bits per heavy atom. The van der Waals surface area contributed by atoms with Gasteiger partial charge in [-0.05, 0) is 69.6 Å². The Morgan fingerprint density at radius 3 is 1.77 bits per heavy atom. The van der Waals surface area contributed by atoms with Crippen LogP contribution in [-0.2, 0) is 14.2 Å². The molecule has 0 unspecified atom stereocenters. The first-order chi connectivity index (χ1) is 11.8. The molecule has 0 bridgehead atoms. The van der Waals surface area contributed by atoms with Crippen molar-refractivity contribution in [3.63, 3.8) is 0 Å². The van der Waals surface area contributed by atoms with Gasteiger partial charge in [0, 0.05) is 4.47 Å². The number of nitrogens with zero attached hydrogens (tertiary/aromatic N) is 1. The Labute approximate surface area is 161 Å². The number of amides is 2. The van der Waals surface area contributed by atoms with Crippen molar-refractivity contribution in [1.82, 2.24) is 0 Å². The van der Waals surface area contributed by atoms with Gasteiger partial charge in [0.15, 0.2) is 0 Å². The molecular formula is C18H24BrNO6. The van der Waals surface area contributed by atoms with Crippen LogP contribution in [0.4, 0.5) is 15.3 Å². The Hall–Kier alpha value is -2.09. The number of methoxy groups -OCH3 is 1. The molecule has 2 amide bonds. The molecule has 1 rings (SSSR count). The van der Waals surface area contributed by atoms with Crippen LogP contribution in [0.3, 0.4) is 0 Å². The van der Waals surface area contributed by atoms with Crippen molar-refractivity contribution in [2.45, 2.75) is 52.7 Å². The van der Waals surface area contributed by atoms with Gasteiger partial charge < -0.3 is 14.2 Å². The number of halogens is 1. The van der Waals surface area contributed by atoms with Gasteiger partial charge in [0.05, 0.1) is 18.4 Å². The van der Waals surface area contributed by atoms with Crippen LogP contribution in [0.2, 0.25) is 0 Å². The van der Waals surface area contributed by atoms with Crippen molar-refractivity contribution in [1.29, 1.82) is 0 Å². The van der Waals surface area contributed by atoms with Crippen LogP contribution in [0.25, 0.3) is 0 Å². The molecule has 0 saturated heterocycles. The summed E-state index contributed by atoms with van der Waals surface area (Å²) in [5.74, 6) is -0.710. The van der Waals surface area contributed by atoms with E-state index in [1.807, 2.05) is 0 Å². The average molecular weight is 430 g/mol. The minimum atomic E-state index is -0.969. The monoisotopic (exact) mass is 429 g/mol. The number of anilines is 1. The molecule has 0 heterocycles. The zero-order valence-corrected chi connectivity index (χ0v) is 17.6. The van der Waals surface area contributed by atoms with Crippen LogP contribution in [0.15, 0.2) is 22.7 Å². The maximum atomic E-state index is 12.7. The summed E-state index contributed by atoms with van der Waals surface area (Å²) in [6.45, 7) is 10.00. The molecule has 0 radical (unpaired) electrons. The van der Waals surface area contributed by atoms with Crippen LogP contribution in [0, 0.1) is 0 Å². The second-order valence-corrected chi connectivity index (χ2v) is 8.28. The van der Waals surface area contributed by atoms with Crippen LogP contribution in [0.1, 0.15) is 51.9 Å². The molecule has 0 aliphatic rings. The minimum absolute atomic E-state index is 0.0112. The summed E-state index contributed by atoms with van der Waals surface area (Å²) in [6, 6.07) is 4.61. The molecule has 0 atom stereocenters. The summed E-state index contributed by atoms with van der Waals surface area (Å²) in [4.78, 5) is 38.3. The Balaban J connectivity index is 3.53. The smallest absolute Gasteiger partial charge is 0.424 e. The van der Waals surface area contributed by atoms with Gasteiger partial charge in [-0.25, -0.2) is 14.4 Å². The molecule has 0 saturated carbocycles. The molecule has 7 nitrogen and oxygen atoms in total. The molecule has 0 fully saturated rings. The molecular weight excluding hydrogens is 406 g/mol. The number of hydrogen-bond acceptors (Lipinski definition) is 6. The van der Waals surface area contributed by atoms with E-state index in [9.17, 15) is 14.4 Å². The number of carbonyl (C=O) groups is 3. The van der Waals surface area contributed by atoms with Crippen molar-refractivity contribution >= 4 is 39.8 Å². The topological polar surface area (TPSA) is 82.1 Å². The standard InChI is InChI=1S/C18H24BrNO6/c1-17(2,3)25-15(22)20(16(23)26-18(4,5)6)13-11(14(21)24-7)9-8-10-12(13)19/h8-10H,1-7H3. The van der Waals surface area contributed by atoms with E-state index in [0.717, 1.165) is 0 Å². The fraction of sp³-hybridized carbons (Fsp3) is 0.500. The third-order valence-electron chi connectivity index (χ3n) is 2.77. The quantitative estimate of drug-likeness (QED) is 0.490. The highest BCUT2D eigenvalue weighted by atomic mass is 79.9. The van der Waals surface area contributed by atoms with E-state index in [2.05, 4.69) is 15.9 Å². The maximum Gasteiger partial charge on any atom is 0.424 e. The number of carbonyl (C=O) groups excluding carboxylic acids is 3. The fourth-order valence-corrected chi connectivity index (χ4v) is 2.43. The van der Waals surface area contributed by atoms with Crippen LogP contribution >= 0.6 is 15.9 Å². The van der Waals surface area contributed by atoms with E-state index >= 15 is 0 Å². The molecule has 144 valence electrons. The minimum Gasteiger partial charge on any atom is -0.465 e. The van der Waals surface area contributed by atoms with Crippen molar-refractivity contribution in [3.8, 4) is 0 Å². The van der Waals surface area contributed by atoms with E-state index in [0.29, 0.717) is 9.37 Å². The highest BCUT2D eigenvalue weighted by Crippen LogP contribution is 2.33. The highest BCUT2D eigenvalue weighted by molar-refractivity contribution is 9.10. The molecule has 0 N–H and O–H groups in total. The first kappa shape index (κ1) is 22.0. The lowest BCUT2D eigenvalue weighted by molar-refractivity contribution is 0.0430. The van der Waals surface area contributed by atoms with Gasteiger partial charge >= 0.3 is 18.2 Å². The van der Waals surface area contributed by atoms with Gasteiger partial charge in [-0.1, -0.05) is 6.07 Å². The van der Waals surface area contributed by atoms with Crippen molar-refractivity contribution in [2.75, 3.05) is 12.0 Å². The number of hydrogen-bond donors (Lipinski definition) is 0. The normalized spacial score (nSPS) is 11.5. The molecule has 8 heteroatoms. The molecule has 0 aromatic heterocycles. The van der Waals surface area contributed by atoms with Gasteiger partial charge in [-0.15, -0.1) is 0 Å². The molecule has 1 aromatic rings. The second kappa shape index (κ2) is 8.07. The lowest BCUT2D eigenvalue weighted by atomic mass is 10.1. The predicted octanol–water partition coefficient (Wildman–Crippen LogP) is 4.91. The zero-order valence-electron chi connectivity index (χ0n) is 16.0. The first-order valence-electron chi connectivity index (χ1n) is 7.90. The lowest BCUT2D eigenvalue weighted by Crippen LogP contribution is -2.44. The molecule has 26 heavy (non-hydrogen) atoms. The third kappa shape index (κ3) is 6.01. The number of para-hydroxylation sites is 1. The van der Waals surface area contributed by atoms with E-state index in [1.54, 1.807) is 53.7 Å². The number of benzene rings is 1. The summed E-state index contributed by atoms with van der Waals surface area (Å²) in [5, 5.41) is 0. The van der Waals surface area contributed by atoms with E-state index in [4.69, 9.17) is 14.2 Å². The third-order valence-corrected chi connectivity index (χ3v) is 3.41. The Kier molecular flexibility index (Phi) is 6.82. The van der Waals surface area contributed by atoms with Crippen molar-refractivity contribution in [3.05, 3.63) is 28.2 Å². The van der Waals surface area contributed by atoms with E-state index in [1.165, 1.54) is 13.2 Å². The summed E-state index contributed by atoms with van der Waals surface area (Å²) in [7, 11) is 1.21. The SMILES string of the molecule is COC(=O)c1cccc(Br)c1N(C(=O)OC(C)(C)C)C(=O)OC(C)(C)C. The van der Waals surface area contributed by atoms with Gasteiger partial charge in [0.1, 0.15) is 11.2 Å². The largest absolute Gasteiger partial charge is 0.465 e. The fourth-order valence-electron chi connectivity index (χ4n) is 1.89. The highest BCUT2D eigenvalue weighted by Gasteiger charge is 2.36. The number of rotatable bonds is 2. The van der Waals surface area contributed by atoms with Gasteiger partial charge in [0.2, 0.25) is 0 Å². The maximum absolute atomic E-state index is 12.7. The molecule has 0 aliphatic heterocycles. The predicted molar refractivity (Wildman–Crippen MR) is 100 cm³/mol. The summed E-state index contributed by atoms with van der Waals surface area (Å²) >= 11 is 3.28. The van der Waals surface area contributed by atoms with Crippen LogP contribution < -0.4 is 4.90 Å². The number of imide groups is 1. The van der Waals surface area contributed by atoms with Crippen molar-refractivity contribution in [2.24, 2.45) is 0 Å². The van der Waals surface area contributed by atoms with E-state index < -0.39 is 29.4 Å². The summed E-state index contributed by atoms with van der Waals surface area (Å²) in [5.41, 5.74) is -1.71. The average Bonchev–Trinajstić information content (AvgIpc) is 2.44. The van der Waals surface area contributed by atoms with Crippen LogP contribution in [-0.4, -0.2) is 36.5 Å². The first-order valence-corrected chi connectivity index (χ1v) is 8.69. The Bertz CT molecular complexity index is 675. The molecule has 0 spiro atoms. The lowest BCUT2D eigenvalue weighted by Gasteiger charge is -2.29. The number of ether oxygens (including phenoxy) is 3. The second-order valence-electron chi connectivity index (χ2n) is 7.42.